The molecule has 2 atom stereocenters. The molecule has 0 bridgehead atoms. The molecule has 0 spiro atoms. The first-order chi connectivity index (χ1) is 19.1. The normalized spacial score (nSPS) is 18.2. The van der Waals surface area contributed by atoms with Crippen LogP contribution in [0.2, 0.25) is 0 Å². The number of aryl methyl sites for hydroxylation is 2. The number of β-lactam (4-membered cyclic amide) rings is 1. The Balaban J connectivity index is 1.19. The van der Waals surface area contributed by atoms with Gasteiger partial charge in [0.1, 0.15) is 40.2 Å². The number of benzene rings is 1. The van der Waals surface area contributed by atoms with Gasteiger partial charge in [-0.25, -0.2) is 4.79 Å². The number of nitrogens with one attached hydrogen (secondary N) is 1. The van der Waals surface area contributed by atoms with Gasteiger partial charge in [0.15, 0.2) is 10.1 Å². The van der Waals surface area contributed by atoms with Crippen molar-refractivity contribution in [3.63, 3.8) is 0 Å². The molecule has 1 aromatic carbocycles. The molecule has 16 heteroatoms. The summed E-state index contributed by atoms with van der Waals surface area (Å²) in [6, 6.07) is 6.44. The average Bonchev–Trinajstić information content (AvgIpc) is 3.57. The molecule has 0 radical (unpaired) electrons. The van der Waals surface area contributed by atoms with Crippen LogP contribution in [0.5, 0.6) is 5.75 Å². The number of aliphatic carboxylic acids is 1. The maximum Gasteiger partial charge on any atom is 0.352 e. The topological polar surface area (TPSA) is 178 Å². The van der Waals surface area contributed by atoms with E-state index >= 15 is 0 Å². The molecule has 0 aliphatic carbocycles. The molecule has 0 unspecified atom stereocenters. The fraction of sp³-hybridized carbons (Fsp3) is 0.292. The third-order valence-corrected chi connectivity index (χ3v) is 9.44. The lowest BCUT2D eigenvalue weighted by Crippen LogP contribution is -2.70. The lowest BCUT2D eigenvalue weighted by atomic mass is 10.0. The van der Waals surface area contributed by atoms with Crippen LogP contribution in [0, 0.1) is 24.0 Å². The molecule has 5 rings (SSSR count). The second-order valence-corrected chi connectivity index (χ2v) is 12.3. The predicted octanol–water partition coefficient (Wildman–Crippen LogP) is 3.38. The summed E-state index contributed by atoms with van der Waals surface area (Å²) in [7, 11) is 0. The zero-order chi connectivity index (χ0) is 28.6. The minimum atomic E-state index is -1.20. The van der Waals surface area contributed by atoms with Gasteiger partial charge >= 0.3 is 5.97 Å². The van der Waals surface area contributed by atoms with E-state index in [0.717, 1.165) is 5.01 Å². The van der Waals surface area contributed by atoms with E-state index < -0.39 is 34.1 Å². The van der Waals surface area contributed by atoms with Gasteiger partial charge in [-0.3, -0.25) is 24.6 Å². The lowest BCUT2D eigenvalue weighted by Gasteiger charge is -2.49. The molecule has 3 aromatic rings. The zero-order valence-corrected chi connectivity index (χ0v) is 23.4. The van der Waals surface area contributed by atoms with Crippen molar-refractivity contribution in [1.82, 2.24) is 20.4 Å². The Morgan fingerprint density at radius 3 is 2.77 bits per heavy atom. The number of aromatic nitrogens is 2. The van der Waals surface area contributed by atoms with E-state index in [1.807, 2.05) is 6.92 Å². The minimum absolute atomic E-state index is 0.0195. The second kappa shape index (κ2) is 11.3. The summed E-state index contributed by atoms with van der Waals surface area (Å²) < 4.78 is 11.9. The number of fused-ring (bicyclic) bond motifs is 1. The third kappa shape index (κ3) is 5.55. The first-order valence-corrected chi connectivity index (χ1v) is 14.6. The van der Waals surface area contributed by atoms with Gasteiger partial charge in [-0.2, -0.15) is 0 Å². The lowest BCUT2D eigenvalue weighted by molar-refractivity contribution is -0.385. The summed E-state index contributed by atoms with van der Waals surface area (Å²) in [4.78, 5) is 49.5. The standard InChI is InChI=1S/C24H21N5O8S3/c1-11-7-14(3-5-16(11)29(34)35)36-8-15-4-6-17(37-15)20(30)25-18-21(31)28-19(23(32)33)13(9-38-22(18)28)10-39-24-27-26-12(2)40-24/h3-7,18,22H,8-10H2,1-2H3,(H,25,30)(H,32,33)/t18-,22+/m1/s1. The number of hydrogen-bond donors (Lipinski definition) is 2. The van der Waals surface area contributed by atoms with Crippen molar-refractivity contribution in [2.75, 3.05) is 11.5 Å². The Kier molecular flexibility index (Phi) is 7.82. The first kappa shape index (κ1) is 27.7. The molecule has 2 amide bonds. The van der Waals surface area contributed by atoms with Crippen LogP contribution < -0.4 is 10.1 Å². The fourth-order valence-electron chi connectivity index (χ4n) is 4.15. The largest absolute Gasteiger partial charge is 0.486 e. The quantitative estimate of drug-likeness (QED) is 0.150. The number of ether oxygens (including phenoxy) is 1. The molecule has 2 N–H and O–H groups in total. The Morgan fingerprint density at radius 2 is 2.10 bits per heavy atom. The molecule has 1 saturated heterocycles. The molecule has 2 aliphatic heterocycles. The summed E-state index contributed by atoms with van der Waals surface area (Å²) in [5, 5.41) is 31.7. The Morgan fingerprint density at radius 1 is 1.30 bits per heavy atom. The van der Waals surface area contributed by atoms with Crippen molar-refractivity contribution in [3.8, 4) is 5.75 Å². The van der Waals surface area contributed by atoms with Gasteiger partial charge in [0.2, 0.25) is 0 Å². The third-order valence-electron chi connectivity index (χ3n) is 6.05. The molecular weight excluding hydrogens is 582 g/mol. The van der Waals surface area contributed by atoms with Crippen molar-refractivity contribution in [2.24, 2.45) is 0 Å². The molecular formula is C24H21N5O8S3. The molecule has 40 heavy (non-hydrogen) atoms. The maximum absolute atomic E-state index is 12.9. The SMILES string of the molecule is Cc1nnc(SCC2=C(C(=O)O)N3C(=O)[C@@H](NC(=O)c4ccc(COc5ccc([N+](=O)[O-])c(C)c5)o4)[C@@H]3SC2)s1. The Bertz CT molecular complexity index is 1550. The number of thioether (sulfide) groups is 2. The number of nitro benzene ring substituents is 1. The summed E-state index contributed by atoms with van der Waals surface area (Å²) in [6.07, 6.45) is 0. The number of nitrogens with zero attached hydrogens (tertiary/aromatic N) is 4. The van der Waals surface area contributed by atoms with Crippen LogP contribution in [0.25, 0.3) is 0 Å². The molecule has 2 aliphatic rings. The second-order valence-electron chi connectivity index (χ2n) is 8.75. The number of furan rings is 1. The van der Waals surface area contributed by atoms with Crippen LogP contribution in [0.1, 0.15) is 26.9 Å². The molecule has 13 nitrogen and oxygen atoms in total. The average molecular weight is 604 g/mol. The number of hydrogen-bond acceptors (Lipinski definition) is 12. The van der Waals surface area contributed by atoms with Gasteiger partial charge in [0.05, 0.1) is 4.92 Å². The highest BCUT2D eigenvalue weighted by Gasteiger charge is 2.54. The monoisotopic (exact) mass is 603 g/mol. The summed E-state index contributed by atoms with van der Waals surface area (Å²) in [5.41, 5.74) is 0.963. The van der Waals surface area contributed by atoms with Crippen molar-refractivity contribution < 1.29 is 33.6 Å². The van der Waals surface area contributed by atoms with Crippen molar-refractivity contribution in [2.45, 2.75) is 36.2 Å². The van der Waals surface area contributed by atoms with E-state index in [-0.39, 0.29) is 23.8 Å². The van der Waals surface area contributed by atoms with Crippen LogP contribution in [0.15, 0.2) is 50.4 Å². The molecule has 1 fully saturated rings. The summed E-state index contributed by atoms with van der Waals surface area (Å²) >= 11 is 4.15. The van der Waals surface area contributed by atoms with E-state index in [0.29, 0.717) is 38.5 Å². The van der Waals surface area contributed by atoms with Crippen LogP contribution in [-0.4, -0.2) is 65.8 Å². The van der Waals surface area contributed by atoms with Gasteiger partial charge in [0.25, 0.3) is 17.5 Å². The van der Waals surface area contributed by atoms with E-state index in [2.05, 4.69) is 15.5 Å². The highest BCUT2D eigenvalue weighted by atomic mass is 32.2. The highest BCUT2D eigenvalue weighted by Crippen LogP contribution is 2.42. The smallest absolute Gasteiger partial charge is 0.352 e. The fourth-order valence-corrected chi connectivity index (χ4v) is 7.45. The number of carboxylic acid groups (broad SMARTS) is 1. The Labute approximate surface area is 239 Å². The van der Waals surface area contributed by atoms with Gasteiger partial charge < -0.3 is 19.6 Å². The molecule has 0 saturated carbocycles. The number of carboxylic acids is 1. The van der Waals surface area contributed by atoms with Gasteiger partial charge in [-0.1, -0.05) is 23.1 Å². The number of nitro groups is 1. The van der Waals surface area contributed by atoms with Crippen molar-refractivity contribution >= 4 is 58.3 Å². The van der Waals surface area contributed by atoms with Crippen molar-refractivity contribution in [1.29, 1.82) is 0 Å². The number of carbonyl (C=O) groups excluding carboxylic acids is 2. The van der Waals surface area contributed by atoms with Crippen molar-refractivity contribution in [3.05, 3.63) is 73.8 Å². The van der Waals surface area contributed by atoms with Crippen LogP contribution in [-0.2, 0) is 16.2 Å². The minimum Gasteiger partial charge on any atom is -0.486 e. The number of rotatable bonds is 10. The zero-order valence-electron chi connectivity index (χ0n) is 21.0. The number of amides is 2. The molecule has 2 aromatic heterocycles. The van der Waals surface area contributed by atoms with Crippen LogP contribution in [0.4, 0.5) is 5.69 Å². The van der Waals surface area contributed by atoms with Gasteiger partial charge in [0, 0.05) is 23.1 Å². The Hall–Kier alpha value is -3.89. The molecule has 4 heterocycles. The summed E-state index contributed by atoms with van der Waals surface area (Å²) in [5.74, 6) is -0.899. The maximum atomic E-state index is 12.9. The van der Waals surface area contributed by atoms with Crippen LogP contribution in [0.3, 0.4) is 0 Å². The van der Waals surface area contributed by atoms with Crippen LogP contribution >= 0.6 is 34.9 Å². The van der Waals surface area contributed by atoms with Gasteiger partial charge in [-0.05, 0) is 43.7 Å². The van der Waals surface area contributed by atoms with E-state index in [1.54, 1.807) is 13.0 Å². The van der Waals surface area contributed by atoms with E-state index in [1.165, 1.54) is 64.0 Å². The summed E-state index contributed by atoms with van der Waals surface area (Å²) in [6.45, 7) is 3.41. The first-order valence-electron chi connectivity index (χ1n) is 11.7. The molecule has 208 valence electrons. The van der Waals surface area contributed by atoms with E-state index in [9.17, 15) is 29.6 Å². The highest BCUT2D eigenvalue weighted by molar-refractivity contribution is 8.01. The number of carbonyl (C=O) groups is 3. The van der Waals surface area contributed by atoms with E-state index in [4.69, 9.17) is 9.15 Å². The van der Waals surface area contributed by atoms with Gasteiger partial charge in [-0.15, -0.1) is 22.0 Å². The predicted molar refractivity (Wildman–Crippen MR) is 145 cm³/mol.